The number of allylic oxidation sites excluding steroid dienone is 1. The number of Topliss-reactive ketones (excluding diaryl/α,β-unsaturated/α-hetero) is 1. The van der Waals surface area contributed by atoms with Gasteiger partial charge in [0, 0.05) is 6.42 Å². The average molecular weight is 232 g/mol. The summed E-state index contributed by atoms with van der Waals surface area (Å²) in [6.45, 7) is 0. The van der Waals surface area contributed by atoms with Gasteiger partial charge in [-0.25, -0.2) is 0 Å². The molecule has 0 aliphatic heterocycles. The molecule has 1 fully saturated rings. The maximum atomic E-state index is 11.7. The Kier molecular flexibility index (Phi) is 3.47. The van der Waals surface area contributed by atoms with Crippen molar-refractivity contribution in [3.8, 4) is 11.5 Å². The van der Waals surface area contributed by atoms with Crippen molar-refractivity contribution in [1.82, 2.24) is 0 Å². The molecule has 2 rings (SSSR count). The van der Waals surface area contributed by atoms with Gasteiger partial charge in [0.1, 0.15) is 0 Å². The third-order valence-electron chi connectivity index (χ3n) is 3.00. The van der Waals surface area contributed by atoms with Gasteiger partial charge in [-0.3, -0.25) is 4.79 Å². The van der Waals surface area contributed by atoms with Crippen LogP contribution in [0.3, 0.4) is 0 Å². The zero-order chi connectivity index (χ0) is 12.3. The summed E-state index contributed by atoms with van der Waals surface area (Å²) >= 11 is 0. The smallest absolute Gasteiger partial charge is 0.160 e. The fourth-order valence-electron chi connectivity index (χ4n) is 2.05. The van der Waals surface area contributed by atoms with Crippen molar-refractivity contribution in [1.29, 1.82) is 0 Å². The van der Waals surface area contributed by atoms with E-state index >= 15 is 0 Å². The first-order valence-electron chi connectivity index (χ1n) is 5.81. The highest BCUT2D eigenvalue weighted by Gasteiger charge is 2.14. The summed E-state index contributed by atoms with van der Waals surface area (Å²) in [5.41, 5.74) is 1.70. The van der Waals surface area contributed by atoms with Crippen LogP contribution in [0.15, 0.2) is 23.8 Å². The predicted octanol–water partition coefficient (Wildman–Crippen LogP) is 2.93. The van der Waals surface area contributed by atoms with Crippen LogP contribution in [-0.4, -0.2) is 18.0 Å². The van der Waals surface area contributed by atoms with Crippen molar-refractivity contribution in [2.75, 3.05) is 7.11 Å². The minimum Gasteiger partial charge on any atom is -0.504 e. The number of hydrogen-bond acceptors (Lipinski definition) is 3. The molecule has 0 atom stereocenters. The van der Waals surface area contributed by atoms with Crippen molar-refractivity contribution in [2.24, 2.45) is 0 Å². The zero-order valence-electron chi connectivity index (χ0n) is 9.90. The van der Waals surface area contributed by atoms with Crippen molar-refractivity contribution < 1.29 is 14.6 Å². The number of methoxy groups -OCH3 is 1. The van der Waals surface area contributed by atoms with Crippen molar-refractivity contribution in [3.05, 3.63) is 29.3 Å². The summed E-state index contributed by atoms with van der Waals surface area (Å²) in [5, 5.41) is 9.65. The van der Waals surface area contributed by atoms with E-state index < -0.39 is 0 Å². The number of ether oxygens (including phenoxy) is 1. The molecule has 0 heterocycles. The molecule has 1 aromatic carbocycles. The van der Waals surface area contributed by atoms with Crippen LogP contribution < -0.4 is 4.74 Å². The van der Waals surface area contributed by atoms with Crippen LogP contribution in [0, 0.1) is 0 Å². The first-order valence-corrected chi connectivity index (χ1v) is 5.81. The van der Waals surface area contributed by atoms with Gasteiger partial charge in [0.15, 0.2) is 17.3 Å². The van der Waals surface area contributed by atoms with E-state index in [0.717, 1.165) is 30.4 Å². The molecule has 1 aliphatic carbocycles. The van der Waals surface area contributed by atoms with Gasteiger partial charge in [-0.05, 0) is 48.6 Å². The van der Waals surface area contributed by atoms with E-state index in [-0.39, 0.29) is 11.5 Å². The van der Waals surface area contributed by atoms with Crippen LogP contribution in [0.5, 0.6) is 11.5 Å². The molecular weight excluding hydrogens is 216 g/mol. The lowest BCUT2D eigenvalue weighted by Gasteiger charge is -2.12. The molecule has 1 aromatic rings. The number of ketones is 1. The number of carbonyl (C=O) groups is 1. The van der Waals surface area contributed by atoms with Gasteiger partial charge < -0.3 is 9.84 Å². The van der Waals surface area contributed by atoms with E-state index in [2.05, 4.69) is 0 Å². The second-order valence-electron chi connectivity index (χ2n) is 4.23. The summed E-state index contributed by atoms with van der Waals surface area (Å²) in [6, 6.07) is 5.16. The fourth-order valence-corrected chi connectivity index (χ4v) is 2.05. The van der Waals surface area contributed by atoms with Crippen molar-refractivity contribution >= 4 is 11.9 Å². The molecule has 0 amide bonds. The minimum absolute atomic E-state index is 0.102. The molecule has 0 saturated heterocycles. The Labute approximate surface area is 101 Å². The number of phenolic OH excluding ortho intramolecular Hbond substituents is 1. The molecule has 0 unspecified atom stereocenters. The van der Waals surface area contributed by atoms with Gasteiger partial charge in [0.2, 0.25) is 0 Å². The number of carbonyl (C=O) groups excluding carboxylic acids is 1. The van der Waals surface area contributed by atoms with Crippen molar-refractivity contribution in [3.63, 3.8) is 0 Å². The highest BCUT2D eigenvalue weighted by Crippen LogP contribution is 2.28. The van der Waals surface area contributed by atoms with Gasteiger partial charge in [-0.1, -0.05) is 6.07 Å². The number of benzene rings is 1. The van der Waals surface area contributed by atoms with Gasteiger partial charge in [-0.2, -0.15) is 0 Å². The fraction of sp³-hybridized carbons (Fsp3) is 0.357. The Morgan fingerprint density at radius 3 is 2.71 bits per heavy atom. The van der Waals surface area contributed by atoms with Gasteiger partial charge in [-0.15, -0.1) is 0 Å². The van der Waals surface area contributed by atoms with Gasteiger partial charge in [0.05, 0.1) is 7.11 Å². The second kappa shape index (κ2) is 5.04. The Morgan fingerprint density at radius 2 is 2.06 bits per heavy atom. The lowest BCUT2D eigenvalue weighted by molar-refractivity contribution is -0.116. The molecule has 1 saturated carbocycles. The number of phenols is 1. The zero-order valence-corrected chi connectivity index (χ0v) is 9.90. The summed E-state index contributed by atoms with van der Waals surface area (Å²) in [4.78, 5) is 11.7. The topological polar surface area (TPSA) is 46.5 Å². The van der Waals surface area contributed by atoms with Crippen LogP contribution in [-0.2, 0) is 4.79 Å². The van der Waals surface area contributed by atoms with E-state index in [1.807, 2.05) is 12.1 Å². The third kappa shape index (κ3) is 2.67. The SMILES string of the molecule is COc1ccc(/C=C2\CCCCC2=O)cc1O. The lowest BCUT2D eigenvalue weighted by Crippen LogP contribution is -2.07. The molecule has 0 aromatic heterocycles. The highest BCUT2D eigenvalue weighted by molar-refractivity contribution is 6.00. The van der Waals surface area contributed by atoms with Crippen LogP contribution in [0.4, 0.5) is 0 Å². The van der Waals surface area contributed by atoms with E-state index in [1.165, 1.54) is 7.11 Å². The Morgan fingerprint density at radius 1 is 1.29 bits per heavy atom. The first kappa shape index (κ1) is 11.7. The molecule has 3 heteroatoms. The number of hydrogen-bond donors (Lipinski definition) is 1. The van der Waals surface area contributed by atoms with Gasteiger partial charge in [0.25, 0.3) is 0 Å². The number of aromatic hydroxyl groups is 1. The Balaban J connectivity index is 2.25. The molecule has 0 spiro atoms. The highest BCUT2D eigenvalue weighted by atomic mass is 16.5. The van der Waals surface area contributed by atoms with E-state index in [4.69, 9.17) is 4.74 Å². The molecule has 90 valence electrons. The van der Waals surface area contributed by atoms with Gasteiger partial charge >= 0.3 is 0 Å². The van der Waals surface area contributed by atoms with Crippen LogP contribution in [0.2, 0.25) is 0 Å². The minimum atomic E-state index is 0.102. The van der Waals surface area contributed by atoms with Crippen LogP contribution >= 0.6 is 0 Å². The molecule has 0 bridgehead atoms. The van der Waals surface area contributed by atoms with Crippen molar-refractivity contribution in [2.45, 2.75) is 25.7 Å². The van der Waals surface area contributed by atoms with E-state index in [0.29, 0.717) is 12.2 Å². The molecular formula is C14H16O3. The molecule has 1 N–H and O–H groups in total. The molecule has 17 heavy (non-hydrogen) atoms. The predicted molar refractivity (Wildman–Crippen MR) is 66.1 cm³/mol. The Bertz CT molecular complexity index is 461. The largest absolute Gasteiger partial charge is 0.504 e. The van der Waals surface area contributed by atoms with E-state index in [1.54, 1.807) is 12.1 Å². The quantitative estimate of drug-likeness (QED) is 0.797. The second-order valence-corrected chi connectivity index (χ2v) is 4.23. The normalized spacial score (nSPS) is 18.4. The lowest BCUT2D eigenvalue weighted by atomic mass is 9.92. The maximum absolute atomic E-state index is 11.7. The molecule has 3 nitrogen and oxygen atoms in total. The summed E-state index contributed by atoms with van der Waals surface area (Å²) in [5.74, 6) is 0.777. The summed E-state index contributed by atoms with van der Waals surface area (Å²) < 4.78 is 4.97. The summed E-state index contributed by atoms with van der Waals surface area (Å²) in [6.07, 6.45) is 5.41. The standard InChI is InChI=1S/C14H16O3/c1-17-14-7-6-10(9-13(14)16)8-11-4-2-3-5-12(11)15/h6-9,16H,2-5H2,1H3/b11-8+. The monoisotopic (exact) mass is 232 g/mol. The summed E-state index contributed by atoms with van der Waals surface area (Å²) in [7, 11) is 1.51. The first-order chi connectivity index (χ1) is 8.20. The van der Waals surface area contributed by atoms with Crippen LogP contribution in [0.1, 0.15) is 31.2 Å². The average Bonchev–Trinajstić information content (AvgIpc) is 2.32. The Hall–Kier alpha value is -1.77. The number of rotatable bonds is 2. The third-order valence-corrected chi connectivity index (χ3v) is 3.00. The molecule has 0 radical (unpaired) electrons. The van der Waals surface area contributed by atoms with Crippen LogP contribution in [0.25, 0.3) is 6.08 Å². The van der Waals surface area contributed by atoms with E-state index in [9.17, 15) is 9.90 Å². The maximum Gasteiger partial charge on any atom is 0.160 e. The molecule has 1 aliphatic rings.